The van der Waals surface area contributed by atoms with Crippen LogP contribution in [0.25, 0.3) is 0 Å². The summed E-state index contributed by atoms with van der Waals surface area (Å²) in [5.41, 5.74) is 0. The fourth-order valence-electron chi connectivity index (χ4n) is 2.01. The first-order chi connectivity index (χ1) is 5.81. The van der Waals surface area contributed by atoms with Crippen LogP contribution in [0.3, 0.4) is 0 Å². The van der Waals surface area contributed by atoms with Crippen molar-refractivity contribution in [3.05, 3.63) is 0 Å². The predicted molar refractivity (Wildman–Crippen MR) is 46.8 cm³/mol. The molecular weight excluding hydrogens is 152 g/mol. The molecule has 2 fully saturated rings. The SMILES string of the molecule is CCN1C[C@H](N2CCC2)CC1=O. The van der Waals surface area contributed by atoms with Gasteiger partial charge in [0.25, 0.3) is 0 Å². The zero-order valence-corrected chi connectivity index (χ0v) is 7.62. The molecule has 2 heterocycles. The van der Waals surface area contributed by atoms with E-state index in [1.165, 1.54) is 19.5 Å². The second-order valence-electron chi connectivity index (χ2n) is 3.68. The first kappa shape index (κ1) is 8.05. The van der Waals surface area contributed by atoms with Crippen molar-refractivity contribution in [2.75, 3.05) is 26.2 Å². The maximum atomic E-state index is 11.4. The van der Waals surface area contributed by atoms with Gasteiger partial charge in [-0.3, -0.25) is 9.69 Å². The Labute approximate surface area is 73.3 Å². The summed E-state index contributed by atoms with van der Waals surface area (Å²) in [7, 11) is 0. The molecule has 0 radical (unpaired) electrons. The zero-order chi connectivity index (χ0) is 8.55. The highest BCUT2D eigenvalue weighted by atomic mass is 16.2. The summed E-state index contributed by atoms with van der Waals surface area (Å²) < 4.78 is 0. The minimum absolute atomic E-state index is 0.342. The van der Waals surface area contributed by atoms with Gasteiger partial charge in [-0.2, -0.15) is 0 Å². The fraction of sp³-hybridized carbons (Fsp3) is 0.889. The van der Waals surface area contributed by atoms with Gasteiger partial charge in [-0.15, -0.1) is 0 Å². The van der Waals surface area contributed by atoms with Gasteiger partial charge in [0.2, 0.25) is 5.91 Å². The van der Waals surface area contributed by atoms with Crippen LogP contribution in [-0.4, -0.2) is 47.9 Å². The number of carbonyl (C=O) groups is 1. The molecule has 0 bridgehead atoms. The minimum atomic E-state index is 0.342. The number of nitrogens with zero attached hydrogens (tertiary/aromatic N) is 2. The molecular formula is C9H16N2O. The molecule has 2 rings (SSSR count). The number of amides is 1. The van der Waals surface area contributed by atoms with Crippen molar-refractivity contribution < 1.29 is 4.79 Å². The Morgan fingerprint density at radius 1 is 1.50 bits per heavy atom. The van der Waals surface area contributed by atoms with Gasteiger partial charge in [0.15, 0.2) is 0 Å². The van der Waals surface area contributed by atoms with E-state index >= 15 is 0 Å². The van der Waals surface area contributed by atoms with Crippen LogP contribution in [-0.2, 0) is 4.79 Å². The van der Waals surface area contributed by atoms with Gasteiger partial charge >= 0.3 is 0 Å². The first-order valence-corrected chi connectivity index (χ1v) is 4.83. The van der Waals surface area contributed by atoms with Crippen LogP contribution in [0.2, 0.25) is 0 Å². The van der Waals surface area contributed by atoms with Crippen LogP contribution in [0.5, 0.6) is 0 Å². The van der Waals surface area contributed by atoms with Gasteiger partial charge in [0.05, 0.1) is 0 Å². The first-order valence-electron chi connectivity index (χ1n) is 4.83. The van der Waals surface area contributed by atoms with Crippen LogP contribution in [0, 0.1) is 0 Å². The maximum Gasteiger partial charge on any atom is 0.224 e. The smallest absolute Gasteiger partial charge is 0.224 e. The number of likely N-dealkylation sites (N-methyl/N-ethyl adjacent to an activating group) is 1. The summed E-state index contributed by atoms with van der Waals surface area (Å²) in [4.78, 5) is 15.7. The van der Waals surface area contributed by atoms with Crippen molar-refractivity contribution in [2.24, 2.45) is 0 Å². The molecule has 2 aliphatic heterocycles. The molecule has 3 nitrogen and oxygen atoms in total. The quantitative estimate of drug-likeness (QED) is 0.592. The summed E-state index contributed by atoms with van der Waals surface area (Å²) in [6.45, 7) is 6.31. The van der Waals surface area contributed by atoms with Crippen LogP contribution >= 0.6 is 0 Å². The second kappa shape index (κ2) is 3.05. The third-order valence-electron chi connectivity index (χ3n) is 2.98. The van der Waals surface area contributed by atoms with E-state index in [-0.39, 0.29) is 0 Å². The van der Waals surface area contributed by atoms with Crippen molar-refractivity contribution in [1.29, 1.82) is 0 Å². The number of hydrogen-bond acceptors (Lipinski definition) is 2. The third-order valence-corrected chi connectivity index (χ3v) is 2.98. The topological polar surface area (TPSA) is 23.6 Å². The van der Waals surface area contributed by atoms with E-state index in [0.717, 1.165) is 19.5 Å². The number of likely N-dealkylation sites (tertiary alicyclic amines) is 2. The van der Waals surface area contributed by atoms with E-state index in [4.69, 9.17) is 0 Å². The van der Waals surface area contributed by atoms with Gasteiger partial charge in [0, 0.05) is 25.6 Å². The monoisotopic (exact) mass is 168 g/mol. The molecule has 3 heteroatoms. The van der Waals surface area contributed by atoms with E-state index in [1.807, 2.05) is 4.90 Å². The Balaban J connectivity index is 1.91. The fourth-order valence-corrected chi connectivity index (χ4v) is 2.01. The molecule has 2 saturated heterocycles. The van der Waals surface area contributed by atoms with Crippen LogP contribution in [0.4, 0.5) is 0 Å². The molecule has 0 N–H and O–H groups in total. The summed E-state index contributed by atoms with van der Waals surface area (Å²) in [6, 6.07) is 0.534. The Kier molecular flexibility index (Phi) is 2.05. The summed E-state index contributed by atoms with van der Waals surface area (Å²) >= 11 is 0. The van der Waals surface area contributed by atoms with Crippen molar-refractivity contribution in [1.82, 2.24) is 9.80 Å². The van der Waals surface area contributed by atoms with Crippen LogP contribution in [0.1, 0.15) is 19.8 Å². The molecule has 12 heavy (non-hydrogen) atoms. The van der Waals surface area contributed by atoms with E-state index < -0.39 is 0 Å². The highest BCUT2D eigenvalue weighted by molar-refractivity contribution is 5.79. The van der Waals surface area contributed by atoms with Crippen molar-refractivity contribution >= 4 is 5.91 Å². The highest BCUT2D eigenvalue weighted by Crippen LogP contribution is 2.20. The maximum absolute atomic E-state index is 11.4. The number of carbonyl (C=O) groups excluding carboxylic acids is 1. The van der Waals surface area contributed by atoms with Crippen LogP contribution < -0.4 is 0 Å². The summed E-state index contributed by atoms with van der Waals surface area (Å²) in [6.07, 6.45) is 2.07. The van der Waals surface area contributed by atoms with E-state index in [2.05, 4.69) is 11.8 Å². The normalized spacial score (nSPS) is 30.9. The zero-order valence-electron chi connectivity index (χ0n) is 7.62. The lowest BCUT2D eigenvalue weighted by Gasteiger charge is -2.35. The Hall–Kier alpha value is -0.570. The van der Waals surface area contributed by atoms with Gasteiger partial charge in [0.1, 0.15) is 0 Å². The minimum Gasteiger partial charge on any atom is -0.341 e. The lowest BCUT2D eigenvalue weighted by molar-refractivity contribution is -0.127. The van der Waals surface area contributed by atoms with Gasteiger partial charge in [-0.25, -0.2) is 0 Å². The van der Waals surface area contributed by atoms with Gasteiger partial charge in [-0.1, -0.05) is 0 Å². The third kappa shape index (κ3) is 1.22. The molecule has 0 aromatic heterocycles. The van der Waals surface area contributed by atoms with Crippen molar-refractivity contribution in [2.45, 2.75) is 25.8 Å². The van der Waals surface area contributed by atoms with E-state index in [9.17, 15) is 4.79 Å². The van der Waals surface area contributed by atoms with E-state index in [0.29, 0.717) is 11.9 Å². The molecule has 1 atom stereocenters. The predicted octanol–water partition coefficient (Wildman–Crippen LogP) is 0.313. The molecule has 0 spiro atoms. The average molecular weight is 168 g/mol. The van der Waals surface area contributed by atoms with Gasteiger partial charge < -0.3 is 4.90 Å². The number of rotatable bonds is 2. The molecule has 0 aromatic rings. The van der Waals surface area contributed by atoms with Crippen molar-refractivity contribution in [3.63, 3.8) is 0 Å². The van der Waals surface area contributed by atoms with Gasteiger partial charge in [-0.05, 0) is 26.4 Å². The van der Waals surface area contributed by atoms with Crippen molar-refractivity contribution in [3.8, 4) is 0 Å². The van der Waals surface area contributed by atoms with E-state index in [1.54, 1.807) is 0 Å². The molecule has 0 aliphatic carbocycles. The van der Waals surface area contributed by atoms with Crippen LogP contribution in [0.15, 0.2) is 0 Å². The Morgan fingerprint density at radius 3 is 2.67 bits per heavy atom. The lowest BCUT2D eigenvalue weighted by atomic mass is 10.1. The largest absolute Gasteiger partial charge is 0.341 e. The Morgan fingerprint density at radius 2 is 2.25 bits per heavy atom. The number of hydrogen-bond donors (Lipinski definition) is 0. The summed E-state index contributed by atoms with van der Waals surface area (Å²) in [5.74, 6) is 0.342. The average Bonchev–Trinajstić information content (AvgIpc) is 2.27. The highest BCUT2D eigenvalue weighted by Gasteiger charge is 2.34. The lowest BCUT2D eigenvalue weighted by Crippen LogP contribution is -2.46. The summed E-state index contributed by atoms with van der Waals surface area (Å²) in [5, 5.41) is 0. The molecule has 2 aliphatic rings. The second-order valence-corrected chi connectivity index (χ2v) is 3.68. The standard InChI is InChI=1S/C9H16N2O/c1-2-10-7-8(6-9(10)12)11-4-3-5-11/h8H,2-7H2,1H3/t8-/m1/s1. The molecule has 1 amide bonds. The molecule has 0 unspecified atom stereocenters. The molecule has 68 valence electrons. The Bertz CT molecular complexity index is 189. The molecule has 0 aromatic carbocycles. The molecule has 0 saturated carbocycles.